The molecule has 29 heavy (non-hydrogen) atoms. The number of nitrogens with one attached hydrogen (secondary N) is 2. The fourth-order valence-corrected chi connectivity index (χ4v) is 3.93. The van der Waals surface area contributed by atoms with Crippen molar-refractivity contribution < 1.29 is 18.8 Å². The van der Waals surface area contributed by atoms with Gasteiger partial charge in [-0.1, -0.05) is 32.0 Å². The number of hydrogen-bond acceptors (Lipinski definition) is 4. The third kappa shape index (κ3) is 4.60. The van der Waals surface area contributed by atoms with E-state index < -0.39 is 12.1 Å². The Kier molecular flexibility index (Phi) is 6.56. The van der Waals surface area contributed by atoms with Crippen LogP contribution in [0.2, 0.25) is 0 Å². The van der Waals surface area contributed by atoms with Gasteiger partial charge >= 0.3 is 0 Å². The molecule has 0 radical (unpaired) electrons. The minimum absolute atomic E-state index is 0.0640. The summed E-state index contributed by atoms with van der Waals surface area (Å²) < 4.78 is 5.65. The van der Waals surface area contributed by atoms with Gasteiger partial charge in [0.2, 0.25) is 18.2 Å². The molecule has 0 spiro atoms. The molecule has 1 saturated heterocycles. The van der Waals surface area contributed by atoms with Gasteiger partial charge in [-0.05, 0) is 38.2 Å². The number of rotatable bonds is 8. The van der Waals surface area contributed by atoms with Crippen LogP contribution in [0.5, 0.6) is 0 Å². The monoisotopic (exact) mass is 399 g/mol. The fourth-order valence-electron chi connectivity index (χ4n) is 3.93. The molecule has 2 N–H and O–H groups in total. The molecule has 3 amide bonds. The van der Waals surface area contributed by atoms with E-state index in [0.29, 0.717) is 13.0 Å². The molecular formula is C22H29N3O4. The van der Waals surface area contributed by atoms with E-state index in [1.54, 1.807) is 13.2 Å². The molecule has 0 bridgehead atoms. The van der Waals surface area contributed by atoms with Gasteiger partial charge in [-0.15, -0.1) is 0 Å². The van der Waals surface area contributed by atoms with Crippen LogP contribution < -0.4 is 10.6 Å². The van der Waals surface area contributed by atoms with Gasteiger partial charge in [-0.3, -0.25) is 14.4 Å². The first kappa shape index (κ1) is 20.9. The molecule has 3 atom stereocenters. The number of para-hydroxylation sites is 1. The summed E-state index contributed by atoms with van der Waals surface area (Å²) in [5.74, 6) is -0.492. The number of benzene rings is 1. The normalized spacial score (nSPS) is 18.6. The number of amides is 3. The second-order valence-corrected chi connectivity index (χ2v) is 8.03. The highest BCUT2D eigenvalue weighted by molar-refractivity contribution is 5.91. The van der Waals surface area contributed by atoms with Crippen LogP contribution in [0.15, 0.2) is 34.9 Å². The van der Waals surface area contributed by atoms with Crippen molar-refractivity contribution in [3.05, 3.63) is 36.1 Å². The molecule has 1 aliphatic heterocycles. The summed E-state index contributed by atoms with van der Waals surface area (Å²) in [5, 5.41) is 6.32. The highest BCUT2D eigenvalue weighted by Crippen LogP contribution is 2.28. The van der Waals surface area contributed by atoms with Crippen molar-refractivity contribution in [1.29, 1.82) is 0 Å². The third-order valence-corrected chi connectivity index (χ3v) is 5.62. The summed E-state index contributed by atoms with van der Waals surface area (Å²) >= 11 is 0. The lowest BCUT2D eigenvalue weighted by Gasteiger charge is -2.31. The Hall–Kier alpha value is -2.83. The zero-order valence-corrected chi connectivity index (χ0v) is 17.2. The second-order valence-electron chi connectivity index (χ2n) is 8.03. The van der Waals surface area contributed by atoms with Crippen LogP contribution in [0.25, 0.3) is 11.0 Å². The molecule has 1 aliphatic rings. The van der Waals surface area contributed by atoms with Gasteiger partial charge in [0.05, 0.1) is 6.26 Å². The molecule has 0 unspecified atom stereocenters. The number of nitrogens with zero attached hydrogens (tertiary/aromatic N) is 1. The van der Waals surface area contributed by atoms with Crippen molar-refractivity contribution in [2.45, 2.75) is 58.2 Å². The Morgan fingerprint density at radius 2 is 2.03 bits per heavy atom. The summed E-state index contributed by atoms with van der Waals surface area (Å²) in [5.41, 5.74) is 1.95. The number of furan rings is 1. The Morgan fingerprint density at radius 1 is 1.28 bits per heavy atom. The lowest BCUT2D eigenvalue weighted by molar-refractivity contribution is -0.138. The van der Waals surface area contributed by atoms with E-state index in [1.165, 1.54) is 0 Å². The van der Waals surface area contributed by atoms with Gasteiger partial charge in [0.1, 0.15) is 17.7 Å². The first-order valence-corrected chi connectivity index (χ1v) is 10.2. The molecule has 1 aromatic heterocycles. The molecule has 0 aliphatic carbocycles. The summed E-state index contributed by atoms with van der Waals surface area (Å²) in [6, 6.07) is 6.67. The minimum Gasteiger partial charge on any atom is -0.464 e. The van der Waals surface area contributed by atoms with Crippen molar-refractivity contribution >= 4 is 29.2 Å². The Bertz CT molecular complexity index is 876. The zero-order valence-electron chi connectivity index (χ0n) is 17.2. The van der Waals surface area contributed by atoms with Gasteiger partial charge in [0.15, 0.2) is 0 Å². The predicted octanol–water partition coefficient (Wildman–Crippen LogP) is 2.24. The van der Waals surface area contributed by atoms with Crippen LogP contribution in [0.1, 0.15) is 39.2 Å². The standard InChI is InChI=1S/C22H29N3O4/c1-14(2)20(24-21(27)15(3)23-13-26)22(28)25-10-6-7-17(25)11-16-12-29-19-9-5-4-8-18(16)19/h4-5,8-9,12-15,17,20H,6-7,10-11H2,1-3H3,(H,23,26)(H,24,27)/t15-,17-,20-/m0/s1. The third-order valence-electron chi connectivity index (χ3n) is 5.62. The summed E-state index contributed by atoms with van der Waals surface area (Å²) in [4.78, 5) is 38.1. The second kappa shape index (κ2) is 9.11. The molecule has 2 aromatic rings. The quantitative estimate of drug-likeness (QED) is 0.666. The zero-order chi connectivity index (χ0) is 21.0. The van der Waals surface area contributed by atoms with E-state index in [0.717, 1.165) is 35.8 Å². The highest BCUT2D eigenvalue weighted by Gasteiger charge is 2.36. The molecule has 0 saturated carbocycles. The number of carbonyl (C=O) groups is 3. The highest BCUT2D eigenvalue weighted by atomic mass is 16.3. The number of fused-ring (bicyclic) bond motifs is 1. The van der Waals surface area contributed by atoms with Gasteiger partial charge < -0.3 is 20.0 Å². The van der Waals surface area contributed by atoms with E-state index in [4.69, 9.17) is 4.42 Å². The summed E-state index contributed by atoms with van der Waals surface area (Å²) in [6.07, 6.45) is 4.86. The van der Waals surface area contributed by atoms with Crippen molar-refractivity contribution in [3.8, 4) is 0 Å². The van der Waals surface area contributed by atoms with Gasteiger partial charge in [0, 0.05) is 23.5 Å². The topological polar surface area (TPSA) is 91.7 Å². The summed E-state index contributed by atoms with van der Waals surface area (Å²) in [7, 11) is 0. The van der Waals surface area contributed by atoms with E-state index in [2.05, 4.69) is 10.6 Å². The molecule has 2 heterocycles. The van der Waals surface area contributed by atoms with Gasteiger partial charge in [-0.25, -0.2) is 0 Å². The van der Waals surface area contributed by atoms with E-state index in [-0.39, 0.29) is 23.8 Å². The lowest BCUT2D eigenvalue weighted by atomic mass is 9.99. The summed E-state index contributed by atoms with van der Waals surface area (Å²) in [6.45, 7) is 6.10. The molecule has 7 nitrogen and oxygen atoms in total. The van der Waals surface area contributed by atoms with E-state index >= 15 is 0 Å². The number of hydrogen-bond donors (Lipinski definition) is 2. The Morgan fingerprint density at radius 3 is 2.76 bits per heavy atom. The average Bonchev–Trinajstić information content (AvgIpc) is 3.33. The van der Waals surface area contributed by atoms with Crippen LogP contribution >= 0.6 is 0 Å². The maximum absolute atomic E-state index is 13.3. The van der Waals surface area contributed by atoms with Crippen molar-refractivity contribution in [3.63, 3.8) is 0 Å². The van der Waals surface area contributed by atoms with Crippen LogP contribution in [-0.4, -0.2) is 47.8 Å². The van der Waals surface area contributed by atoms with Gasteiger partial charge in [-0.2, -0.15) is 0 Å². The Balaban J connectivity index is 1.73. The maximum atomic E-state index is 13.3. The van der Waals surface area contributed by atoms with Gasteiger partial charge in [0.25, 0.3) is 0 Å². The van der Waals surface area contributed by atoms with Crippen LogP contribution in [-0.2, 0) is 20.8 Å². The SMILES string of the molecule is CC(C)[C@H](NC(=O)[C@H](C)NC=O)C(=O)N1CCC[C@H]1Cc1coc2ccccc12. The lowest BCUT2D eigenvalue weighted by Crippen LogP contribution is -2.55. The molecule has 7 heteroatoms. The number of likely N-dealkylation sites (tertiary alicyclic amines) is 1. The molecule has 3 rings (SSSR count). The predicted molar refractivity (Wildman–Crippen MR) is 110 cm³/mol. The molecule has 156 valence electrons. The largest absolute Gasteiger partial charge is 0.464 e. The van der Waals surface area contributed by atoms with E-state index in [1.807, 2.05) is 43.0 Å². The van der Waals surface area contributed by atoms with E-state index in [9.17, 15) is 14.4 Å². The van der Waals surface area contributed by atoms with Crippen LogP contribution in [0, 0.1) is 5.92 Å². The van der Waals surface area contributed by atoms with Crippen molar-refractivity contribution in [2.75, 3.05) is 6.54 Å². The van der Waals surface area contributed by atoms with Crippen molar-refractivity contribution in [2.24, 2.45) is 5.92 Å². The maximum Gasteiger partial charge on any atom is 0.245 e. The average molecular weight is 399 g/mol. The minimum atomic E-state index is -0.687. The number of carbonyl (C=O) groups excluding carboxylic acids is 3. The Labute approximate surface area is 170 Å². The smallest absolute Gasteiger partial charge is 0.245 e. The van der Waals surface area contributed by atoms with Crippen LogP contribution in [0.4, 0.5) is 0 Å². The molecular weight excluding hydrogens is 370 g/mol. The van der Waals surface area contributed by atoms with Crippen LogP contribution in [0.3, 0.4) is 0 Å². The fraction of sp³-hybridized carbons (Fsp3) is 0.500. The first-order chi connectivity index (χ1) is 13.9. The molecule has 1 fully saturated rings. The van der Waals surface area contributed by atoms with Crippen molar-refractivity contribution in [1.82, 2.24) is 15.5 Å². The first-order valence-electron chi connectivity index (χ1n) is 10.2. The molecule has 1 aromatic carbocycles.